The Morgan fingerprint density at radius 1 is 1.29 bits per heavy atom. The predicted octanol–water partition coefficient (Wildman–Crippen LogP) is 1.91. The van der Waals surface area contributed by atoms with E-state index in [0.29, 0.717) is 5.56 Å². The van der Waals surface area contributed by atoms with E-state index < -0.39 is 5.97 Å². The van der Waals surface area contributed by atoms with Gasteiger partial charge in [-0.05, 0) is 31.2 Å². The molecular formula is C11H11N3O2S. The average Bonchev–Trinajstić information content (AvgIpc) is 2.95. The van der Waals surface area contributed by atoms with Crippen LogP contribution >= 0.6 is 11.3 Å². The Bertz CT molecular complexity index is 560. The van der Waals surface area contributed by atoms with Gasteiger partial charge in [0, 0.05) is 4.88 Å². The molecule has 5 nitrogen and oxygen atoms in total. The van der Waals surface area contributed by atoms with E-state index in [1.165, 1.54) is 4.88 Å². The second-order valence-corrected chi connectivity index (χ2v) is 5.15. The first-order valence-corrected chi connectivity index (χ1v) is 6.32. The van der Waals surface area contributed by atoms with Crippen molar-refractivity contribution in [3.63, 3.8) is 0 Å². The van der Waals surface area contributed by atoms with Crippen LogP contribution in [0.5, 0.6) is 0 Å². The fourth-order valence-corrected chi connectivity index (χ4v) is 3.58. The normalized spacial score (nSPS) is 14.6. The number of aryl methyl sites for hydroxylation is 1. The van der Waals surface area contributed by atoms with E-state index in [1.807, 2.05) is 0 Å². The van der Waals surface area contributed by atoms with E-state index in [1.54, 1.807) is 28.6 Å². The summed E-state index contributed by atoms with van der Waals surface area (Å²) in [6.45, 7) is 0. The lowest BCUT2D eigenvalue weighted by Crippen LogP contribution is -2.07. The minimum absolute atomic E-state index is 0.435. The number of hydrogen-bond donors (Lipinski definition) is 1. The average molecular weight is 249 g/mol. The molecule has 2 aromatic heterocycles. The first-order valence-electron chi connectivity index (χ1n) is 5.50. The number of carboxylic acid groups (broad SMARTS) is 1. The summed E-state index contributed by atoms with van der Waals surface area (Å²) >= 11 is 1.55. The van der Waals surface area contributed by atoms with Crippen LogP contribution in [-0.2, 0) is 12.8 Å². The van der Waals surface area contributed by atoms with E-state index >= 15 is 0 Å². The van der Waals surface area contributed by atoms with Crippen molar-refractivity contribution < 1.29 is 9.90 Å². The number of carbonyl (C=O) groups is 1. The molecule has 0 radical (unpaired) electrons. The molecular weight excluding hydrogens is 238 g/mol. The van der Waals surface area contributed by atoms with Crippen LogP contribution in [0.1, 0.15) is 33.6 Å². The molecule has 6 heteroatoms. The highest BCUT2D eigenvalue weighted by Crippen LogP contribution is 2.36. The Kier molecular flexibility index (Phi) is 2.44. The molecule has 0 saturated carbocycles. The zero-order valence-electron chi connectivity index (χ0n) is 9.09. The van der Waals surface area contributed by atoms with Gasteiger partial charge in [0.05, 0.1) is 5.56 Å². The van der Waals surface area contributed by atoms with Gasteiger partial charge in [-0.2, -0.15) is 0 Å². The maximum absolute atomic E-state index is 11.4. The zero-order chi connectivity index (χ0) is 11.8. The monoisotopic (exact) mass is 249 g/mol. The van der Waals surface area contributed by atoms with Gasteiger partial charge in [-0.15, -0.1) is 21.5 Å². The van der Waals surface area contributed by atoms with Gasteiger partial charge in [-0.3, -0.25) is 4.57 Å². The van der Waals surface area contributed by atoms with Crippen molar-refractivity contribution in [2.24, 2.45) is 0 Å². The Balaban J connectivity index is 2.21. The standard InChI is InChI=1S/C11H11N3O2S/c15-11(16)9-7-3-1-2-4-8(7)17-10(9)14-5-12-13-6-14/h5-6H,1-4H2,(H,15,16). The van der Waals surface area contributed by atoms with Crippen molar-refractivity contribution in [1.29, 1.82) is 0 Å². The summed E-state index contributed by atoms with van der Waals surface area (Å²) in [4.78, 5) is 12.6. The molecule has 0 unspecified atom stereocenters. The topological polar surface area (TPSA) is 68.0 Å². The van der Waals surface area contributed by atoms with Crippen LogP contribution in [0.4, 0.5) is 0 Å². The third-order valence-corrected chi connectivity index (χ3v) is 4.33. The quantitative estimate of drug-likeness (QED) is 0.882. The van der Waals surface area contributed by atoms with Crippen molar-refractivity contribution in [2.75, 3.05) is 0 Å². The van der Waals surface area contributed by atoms with Crippen molar-refractivity contribution in [1.82, 2.24) is 14.8 Å². The van der Waals surface area contributed by atoms with Gasteiger partial charge in [0.15, 0.2) is 0 Å². The third-order valence-electron chi connectivity index (χ3n) is 3.02. The van der Waals surface area contributed by atoms with Crippen LogP contribution in [0.25, 0.3) is 5.00 Å². The molecule has 17 heavy (non-hydrogen) atoms. The maximum Gasteiger partial charge on any atom is 0.339 e. The molecule has 1 N–H and O–H groups in total. The number of hydrogen-bond acceptors (Lipinski definition) is 4. The summed E-state index contributed by atoms with van der Waals surface area (Å²) in [5, 5.41) is 17.6. The molecule has 0 amide bonds. The Hall–Kier alpha value is -1.69. The Morgan fingerprint density at radius 3 is 2.71 bits per heavy atom. The number of rotatable bonds is 2. The van der Waals surface area contributed by atoms with Gasteiger partial charge >= 0.3 is 5.97 Å². The minimum atomic E-state index is -0.854. The van der Waals surface area contributed by atoms with E-state index in [0.717, 1.165) is 36.2 Å². The number of aromatic nitrogens is 3. The lowest BCUT2D eigenvalue weighted by Gasteiger charge is -2.10. The van der Waals surface area contributed by atoms with Crippen molar-refractivity contribution in [3.8, 4) is 5.00 Å². The molecule has 0 spiro atoms. The molecule has 2 heterocycles. The van der Waals surface area contributed by atoms with Crippen LogP contribution in [0, 0.1) is 0 Å². The maximum atomic E-state index is 11.4. The van der Waals surface area contributed by atoms with E-state index in [2.05, 4.69) is 10.2 Å². The van der Waals surface area contributed by atoms with E-state index in [9.17, 15) is 9.90 Å². The summed E-state index contributed by atoms with van der Waals surface area (Å²) in [5.74, 6) is -0.854. The Labute approximate surface area is 102 Å². The summed E-state index contributed by atoms with van der Waals surface area (Å²) < 4.78 is 1.69. The number of aromatic carboxylic acids is 1. The van der Waals surface area contributed by atoms with E-state index in [4.69, 9.17) is 0 Å². The molecule has 1 aliphatic carbocycles. The molecule has 0 aromatic carbocycles. The molecule has 3 rings (SSSR count). The number of fused-ring (bicyclic) bond motifs is 1. The second-order valence-electron chi connectivity index (χ2n) is 4.07. The highest BCUT2D eigenvalue weighted by molar-refractivity contribution is 7.15. The summed E-state index contributed by atoms with van der Waals surface area (Å²) in [6, 6.07) is 0. The van der Waals surface area contributed by atoms with Crippen molar-refractivity contribution in [3.05, 3.63) is 28.7 Å². The number of carboxylic acids is 1. The molecule has 0 atom stereocenters. The predicted molar refractivity (Wildman–Crippen MR) is 62.8 cm³/mol. The Morgan fingerprint density at radius 2 is 2.00 bits per heavy atom. The molecule has 0 saturated heterocycles. The number of thiophene rings is 1. The lowest BCUT2D eigenvalue weighted by molar-refractivity contribution is 0.0696. The van der Waals surface area contributed by atoms with Crippen LogP contribution in [-0.4, -0.2) is 25.8 Å². The van der Waals surface area contributed by atoms with Gasteiger partial charge in [0.1, 0.15) is 17.7 Å². The van der Waals surface area contributed by atoms with Gasteiger partial charge in [-0.25, -0.2) is 4.79 Å². The highest BCUT2D eigenvalue weighted by atomic mass is 32.1. The van der Waals surface area contributed by atoms with Gasteiger partial charge < -0.3 is 5.11 Å². The van der Waals surface area contributed by atoms with Gasteiger partial charge in [0.25, 0.3) is 0 Å². The van der Waals surface area contributed by atoms with Crippen molar-refractivity contribution >= 4 is 17.3 Å². The van der Waals surface area contributed by atoms with E-state index in [-0.39, 0.29) is 0 Å². The molecule has 0 fully saturated rings. The first kappa shape index (κ1) is 10.5. The fourth-order valence-electron chi connectivity index (χ4n) is 2.26. The first-order chi connectivity index (χ1) is 8.27. The third kappa shape index (κ3) is 1.64. The minimum Gasteiger partial charge on any atom is -0.478 e. The summed E-state index contributed by atoms with van der Waals surface area (Å²) in [7, 11) is 0. The van der Waals surface area contributed by atoms with Crippen molar-refractivity contribution in [2.45, 2.75) is 25.7 Å². The largest absolute Gasteiger partial charge is 0.478 e. The molecule has 0 bridgehead atoms. The zero-order valence-corrected chi connectivity index (χ0v) is 9.90. The van der Waals surface area contributed by atoms with Crippen LogP contribution in [0.15, 0.2) is 12.7 Å². The summed E-state index contributed by atoms with van der Waals surface area (Å²) in [6.07, 6.45) is 7.17. The molecule has 1 aliphatic rings. The molecule has 88 valence electrons. The SMILES string of the molecule is O=C(O)c1c(-n2cnnc2)sc2c1CCCC2. The highest BCUT2D eigenvalue weighted by Gasteiger charge is 2.25. The number of nitrogens with zero attached hydrogens (tertiary/aromatic N) is 3. The van der Waals surface area contributed by atoms with Crippen LogP contribution < -0.4 is 0 Å². The lowest BCUT2D eigenvalue weighted by atomic mass is 9.95. The van der Waals surface area contributed by atoms with Crippen LogP contribution in [0.3, 0.4) is 0 Å². The second kappa shape index (κ2) is 3.96. The van der Waals surface area contributed by atoms with Crippen LogP contribution in [0.2, 0.25) is 0 Å². The van der Waals surface area contributed by atoms with Gasteiger partial charge in [0.2, 0.25) is 0 Å². The summed E-state index contributed by atoms with van der Waals surface area (Å²) in [5.41, 5.74) is 1.45. The molecule has 2 aromatic rings. The molecule has 0 aliphatic heterocycles. The smallest absolute Gasteiger partial charge is 0.339 e. The van der Waals surface area contributed by atoms with Gasteiger partial charge in [-0.1, -0.05) is 0 Å². The fraction of sp³-hybridized carbons (Fsp3) is 0.364.